The predicted molar refractivity (Wildman–Crippen MR) is 206 cm³/mol. The molecule has 0 saturated carbocycles. The molecule has 56 heavy (non-hydrogen) atoms. The Morgan fingerprint density at radius 1 is 0.661 bits per heavy atom. The van der Waals surface area contributed by atoms with Crippen molar-refractivity contribution in [3.8, 4) is 24.3 Å². The highest BCUT2D eigenvalue weighted by Crippen LogP contribution is 2.58. The molecule has 8 nitrogen and oxygen atoms in total. The summed E-state index contributed by atoms with van der Waals surface area (Å²) in [6.45, 7) is 32.0. The molecule has 0 fully saturated rings. The van der Waals surface area contributed by atoms with Crippen molar-refractivity contribution in [1.82, 2.24) is 0 Å². The smallest absolute Gasteiger partial charge is 0.205 e. The third-order valence-corrected chi connectivity index (χ3v) is 9.60. The number of nitriles is 4. The molecular formula is C46H18F2N8. The van der Waals surface area contributed by atoms with Crippen LogP contribution >= 0.6 is 0 Å². The maximum atomic E-state index is 18.3. The van der Waals surface area contributed by atoms with E-state index in [0.717, 1.165) is 0 Å². The first-order valence-electron chi connectivity index (χ1n) is 16.7. The summed E-state index contributed by atoms with van der Waals surface area (Å²) >= 11 is 0. The Balaban J connectivity index is 1.72. The third-order valence-electron chi connectivity index (χ3n) is 9.60. The number of benzene rings is 4. The molecule has 4 aromatic carbocycles. The first kappa shape index (κ1) is 35.5. The molecule has 0 N–H and O–H groups in total. The second-order valence-corrected chi connectivity index (χ2v) is 12.5. The van der Waals surface area contributed by atoms with Gasteiger partial charge in [-0.05, 0) is 64.5 Å². The summed E-state index contributed by atoms with van der Waals surface area (Å²) in [5.74, 6) is -2.25. The molecule has 0 saturated heterocycles. The lowest BCUT2D eigenvalue weighted by Crippen LogP contribution is -2.05. The highest BCUT2D eigenvalue weighted by atomic mass is 19.1. The largest absolute Gasteiger partial charge is 0.239 e. The van der Waals surface area contributed by atoms with E-state index in [4.69, 9.17) is 26.3 Å². The fourth-order valence-electron chi connectivity index (χ4n) is 7.38. The Morgan fingerprint density at radius 3 is 1.84 bits per heavy atom. The molecule has 0 atom stereocenters. The van der Waals surface area contributed by atoms with Gasteiger partial charge in [0.25, 0.3) is 0 Å². The summed E-state index contributed by atoms with van der Waals surface area (Å²) in [4.78, 5) is 14.4. The van der Waals surface area contributed by atoms with Crippen LogP contribution in [0.1, 0.15) is 62.9 Å². The molecule has 256 valence electrons. The molecule has 0 aliphatic heterocycles. The number of nitrogens with zero attached hydrogens (tertiary/aromatic N) is 8. The topological polar surface area (TPSA) is 113 Å². The fourth-order valence-corrected chi connectivity index (χ4v) is 7.38. The zero-order valence-electron chi connectivity index (χ0n) is 28.8. The van der Waals surface area contributed by atoms with Crippen LogP contribution < -0.4 is 0 Å². The van der Waals surface area contributed by atoms with Crippen molar-refractivity contribution in [1.29, 1.82) is 21.0 Å². The van der Waals surface area contributed by atoms with E-state index in [1.807, 2.05) is 24.3 Å². The summed E-state index contributed by atoms with van der Waals surface area (Å²) in [6, 6.07) is 24.3. The number of hydrogen-bond acceptors (Lipinski definition) is 4. The van der Waals surface area contributed by atoms with E-state index < -0.39 is 33.9 Å². The summed E-state index contributed by atoms with van der Waals surface area (Å²) in [6.07, 6.45) is 6.19. The zero-order valence-corrected chi connectivity index (χ0v) is 28.8. The van der Waals surface area contributed by atoms with Gasteiger partial charge in [-0.2, -0.15) is 21.0 Å². The van der Waals surface area contributed by atoms with Crippen molar-refractivity contribution >= 4 is 50.6 Å². The molecule has 0 bridgehead atoms. The Morgan fingerprint density at radius 2 is 1.30 bits per heavy atom. The van der Waals surface area contributed by atoms with Gasteiger partial charge in [0.2, 0.25) is 11.4 Å². The fraction of sp³-hybridized carbons (Fsp3) is 0.0435. The van der Waals surface area contributed by atoms with Crippen LogP contribution in [-0.2, 0) is 0 Å². The molecule has 10 heteroatoms. The molecular weight excluding hydrogens is 703 g/mol. The van der Waals surface area contributed by atoms with E-state index in [-0.39, 0.29) is 78.5 Å². The molecule has 0 spiro atoms. The van der Waals surface area contributed by atoms with E-state index >= 15 is 8.78 Å². The van der Waals surface area contributed by atoms with Crippen LogP contribution in [0.25, 0.3) is 58.6 Å². The van der Waals surface area contributed by atoms with E-state index in [2.05, 4.69) is 25.4 Å². The van der Waals surface area contributed by atoms with Crippen LogP contribution in [0.4, 0.5) is 20.2 Å². The molecule has 3 aliphatic rings. The summed E-state index contributed by atoms with van der Waals surface area (Å²) < 4.78 is 36.0. The summed E-state index contributed by atoms with van der Waals surface area (Å²) in [5.41, 5.74) is -2.15. The molecule has 0 aromatic heterocycles. The Bertz CT molecular complexity index is 3000. The van der Waals surface area contributed by atoms with Crippen molar-refractivity contribution in [2.75, 3.05) is 0 Å². The van der Waals surface area contributed by atoms with Gasteiger partial charge in [-0.1, -0.05) is 72.3 Å². The van der Waals surface area contributed by atoms with Gasteiger partial charge in [0.1, 0.15) is 23.8 Å². The predicted octanol–water partition coefficient (Wildman–Crippen LogP) is 11.4. The van der Waals surface area contributed by atoms with Gasteiger partial charge in [-0.15, -0.1) is 0 Å². The minimum absolute atomic E-state index is 0.0163. The van der Waals surface area contributed by atoms with Gasteiger partial charge < -0.3 is 0 Å². The highest BCUT2D eigenvalue weighted by molar-refractivity contribution is 6.31. The standard InChI is InChI=1S/C46H18F2N8/c1-53-31-18-29(19-32(20-31)54-2)33(23-51)37-36(28-13-9-6-10-14-28)46(56-4)42-39(37)44(48)40-38(43(42)47)34(24-52)35(27-11-7-5-8-12-27)41(40)45(55-3)30-16-25(21-49)15-26(17-30)22-50/h5-9,11-13,15-20H,10,14H2/b37-33+,45-41-. The maximum absolute atomic E-state index is 18.3. The van der Waals surface area contributed by atoms with Crippen LogP contribution in [0, 0.1) is 83.2 Å². The Kier molecular flexibility index (Phi) is 9.04. The van der Waals surface area contributed by atoms with Crippen molar-refractivity contribution < 1.29 is 8.78 Å². The Hall–Kier alpha value is -8.90. The summed E-state index contributed by atoms with van der Waals surface area (Å²) in [7, 11) is 0. The van der Waals surface area contributed by atoms with Crippen molar-refractivity contribution in [2.24, 2.45) is 0 Å². The van der Waals surface area contributed by atoms with E-state index in [0.29, 0.717) is 24.0 Å². The first-order valence-corrected chi connectivity index (χ1v) is 16.7. The first-order chi connectivity index (χ1) is 27.3. The zero-order chi connectivity index (χ0) is 39.7. The van der Waals surface area contributed by atoms with E-state index in [1.54, 1.807) is 42.5 Å². The molecule has 0 heterocycles. The molecule has 0 unspecified atom stereocenters. The van der Waals surface area contributed by atoms with Crippen LogP contribution in [0.15, 0.2) is 96.1 Å². The van der Waals surface area contributed by atoms with Crippen LogP contribution in [0.3, 0.4) is 0 Å². The lowest BCUT2D eigenvalue weighted by Gasteiger charge is -2.19. The highest BCUT2D eigenvalue weighted by Gasteiger charge is 2.44. The second kappa shape index (κ2) is 14.3. The number of allylic oxidation sites excluding steroid dienone is 10. The van der Waals surface area contributed by atoms with Crippen LogP contribution in [-0.4, -0.2) is 0 Å². The minimum atomic E-state index is -1.12. The molecule has 4 aromatic rings. The van der Waals surface area contributed by atoms with Crippen LogP contribution in [0.5, 0.6) is 0 Å². The molecule has 7 rings (SSSR count). The Labute approximate surface area is 320 Å². The van der Waals surface area contributed by atoms with Crippen molar-refractivity contribution in [3.63, 3.8) is 0 Å². The van der Waals surface area contributed by atoms with E-state index in [1.165, 1.54) is 36.4 Å². The van der Waals surface area contributed by atoms with Gasteiger partial charge in [-0.25, -0.2) is 28.2 Å². The van der Waals surface area contributed by atoms with E-state index in [9.17, 15) is 21.0 Å². The maximum Gasteiger partial charge on any atom is 0.205 e. The van der Waals surface area contributed by atoms with Gasteiger partial charge in [0.05, 0.1) is 60.7 Å². The SMILES string of the molecule is [C-]#[N+]C1=C(C2=CC=CCC2)/C(=C(/C#N)c2cc([N+]#[C-])cc([N+]#[C-])c2)c2c(F)c3c(c(F)c21)C(C#N)=C(c1ccccc1)/C3=C(/[N+]#[C-])c1cc(C#N)cc(C#N)c1. The third kappa shape index (κ3) is 5.43. The van der Waals surface area contributed by atoms with Crippen LogP contribution in [0.2, 0.25) is 0 Å². The lowest BCUT2D eigenvalue weighted by molar-refractivity contribution is 0.590. The average Bonchev–Trinajstić information content (AvgIpc) is 3.78. The van der Waals surface area contributed by atoms with Crippen molar-refractivity contribution in [2.45, 2.75) is 12.8 Å². The van der Waals surface area contributed by atoms with Crippen molar-refractivity contribution in [3.05, 3.63) is 203 Å². The van der Waals surface area contributed by atoms with Gasteiger partial charge in [0.15, 0.2) is 11.4 Å². The van der Waals surface area contributed by atoms with Gasteiger partial charge >= 0.3 is 0 Å². The lowest BCUT2D eigenvalue weighted by atomic mass is 9.85. The number of rotatable bonds is 4. The molecule has 0 radical (unpaired) electrons. The minimum Gasteiger partial charge on any atom is -0.239 e. The second-order valence-electron chi connectivity index (χ2n) is 12.5. The normalized spacial score (nSPS) is 15.4. The van der Waals surface area contributed by atoms with Gasteiger partial charge in [-0.3, -0.25) is 0 Å². The molecule has 3 aliphatic carbocycles. The quantitative estimate of drug-likeness (QED) is 0.154. The van der Waals surface area contributed by atoms with Gasteiger partial charge in [0, 0.05) is 27.8 Å². The summed E-state index contributed by atoms with van der Waals surface area (Å²) in [5, 5.41) is 41.2. The molecule has 0 amide bonds. The number of hydrogen-bond donors (Lipinski definition) is 0. The monoisotopic (exact) mass is 720 g/mol. The number of halogens is 2. The average molecular weight is 721 g/mol. The number of fused-ring (bicyclic) bond motifs is 2.